The van der Waals surface area contributed by atoms with Gasteiger partial charge in [-0.3, -0.25) is 4.79 Å². The molecule has 1 amide bonds. The van der Waals surface area contributed by atoms with E-state index in [9.17, 15) is 35.4 Å². The Balaban J connectivity index is 2.37. The number of unbranched alkanes of at least 4 members (excludes halogenated alkanes) is 24. The third kappa shape index (κ3) is 26.1. The molecule has 10 heteroatoms. The minimum absolute atomic E-state index is 0.303. The van der Waals surface area contributed by atoms with Crippen LogP contribution in [-0.2, 0) is 14.3 Å². The van der Waals surface area contributed by atoms with E-state index in [-0.39, 0.29) is 6.61 Å². The van der Waals surface area contributed by atoms with Crippen LogP contribution in [0.2, 0.25) is 0 Å². The summed E-state index contributed by atoms with van der Waals surface area (Å²) < 4.78 is 11.1. The molecule has 9 atom stereocenters. The van der Waals surface area contributed by atoms with Crippen molar-refractivity contribution in [1.29, 1.82) is 0 Å². The third-order valence-electron chi connectivity index (χ3n) is 11.8. The summed E-state index contributed by atoms with van der Waals surface area (Å²) in [5.74, 6) is 0.185. The molecule has 56 heavy (non-hydrogen) atoms. The first-order valence-corrected chi connectivity index (χ1v) is 23.4. The van der Waals surface area contributed by atoms with Gasteiger partial charge in [0.15, 0.2) is 6.29 Å². The van der Waals surface area contributed by atoms with Crippen LogP contribution < -0.4 is 5.32 Å². The number of rotatable bonds is 38. The van der Waals surface area contributed by atoms with E-state index in [1.807, 2.05) is 6.08 Å². The Morgan fingerprint density at radius 3 is 1.61 bits per heavy atom. The van der Waals surface area contributed by atoms with E-state index in [2.05, 4.69) is 26.1 Å². The molecule has 0 aliphatic carbocycles. The smallest absolute Gasteiger partial charge is 0.249 e. The fourth-order valence-corrected chi connectivity index (χ4v) is 7.49. The first kappa shape index (κ1) is 52.9. The third-order valence-corrected chi connectivity index (χ3v) is 11.8. The molecule has 0 bridgehead atoms. The van der Waals surface area contributed by atoms with Crippen LogP contribution in [0.1, 0.15) is 207 Å². The molecule has 0 spiro atoms. The molecule has 1 aliphatic heterocycles. The number of hydrogen-bond acceptors (Lipinski definition) is 9. The molecular weight excluding hydrogens is 711 g/mol. The lowest BCUT2D eigenvalue weighted by Crippen LogP contribution is -2.60. The molecular formula is C46H89NO9. The second-order valence-corrected chi connectivity index (χ2v) is 16.9. The van der Waals surface area contributed by atoms with Gasteiger partial charge in [0, 0.05) is 0 Å². The lowest BCUT2D eigenvalue weighted by molar-refractivity contribution is -0.302. The highest BCUT2D eigenvalue weighted by Crippen LogP contribution is 2.23. The van der Waals surface area contributed by atoms with Crippen molar-refractivity contribution in [2.45, 2.75) is 256 Å². The quantitative estimate of drug-likeness (QED) is 0.0239. The van der Waals surface area contributed by atoms with Gasteiger partial charge in [-0.1, -0.05) is 200 Å². The average molecular weight is 800 g/mol. The highest BCUT2D eigenvalue weighted by atomic mass is 16.7. The van der Waals surface area contributed by atoms with Crippen LogP contribution in [0.3, 0.4) is 0 Å². The zero-order chi connectivity index (χ0) is 41.2. The predicted molar refractivity (Wildman–Crippen MR) is 227 cm³/mol. The molecule has 1 rings (SSSR count). The van der Waals surface area contributed by atoms with Gasteiger partial charge >= 0.3 is 0 Å². The average Bonchev–Trinajstić information content (AvgIpc) is 3.20. The number of carbonyl (C=O) groups excluding carboxylic acids is 1. The maximum absolute atomic E-state index is 13.0. The van der Waals surface area contributed by atoms with Crippen molar-refractivity contribution in [3.8, 4) is 0 Å². The maximum atomic E-state index is 13.0. The maximum Gasteiger partial charge on any atom is 0.249 e. The monoisotopic (exact) mass is 800 g/mol. The SMILES string of the molecule is CCCCCCCCCCCCCCCCCCCCC[C@@H](O)C(=O)N[C@@H](CO[C@@H]1O[C@H](CO)[C@@H](O)[C@H](O)[C@H]1O)[C@H](O)/C=C/CCCCCCCC[C@H](C)CC. The number of aliphatic hydroxyl groups excluding tert-OH is 6. The number of carbonyl (C=O) groups is 1. The van der Waals surface area contributed by atoms with Crippen LogP contribution in [0, 0.1) is 5.92 Å². The lowest BCUT2D eigenvalue weighted by Gasteiger charge is -2.40. The number of allylic oxidation sites excluding steroid dienone is 1. The summed E-state index contributed by atoms with van der Waals surface area (Å²) >= 11 is 0. The molecule has 1 heterocycles. The van der Waals surface area contributed by atoms with Crippen molar-refractivity contribution in [2.24, 2.45) is 5.92 Å². The summed E-state index contributed by atoms with van der Waals surface area (Å²) in [6.07, 6.45) is 28.8. The minimum atomic E-state index is -1.61. The Labute approximate surface area is 342 Å². The molecule has 1 saturated heterocycles. The number of hydrogen-bond donors (Lipinski definition) is 7. The zero-order valence-corrected chi connectivity index (χ0v) is 36.2. The normalized spacial score (nSPS) is 22.3. The van der Waals surface area contributed by atoms with E-state index in [1.165, 1.54) is 135 Å². The van der Waals surface area contributed by atoms with E-state index >= 15 is 0 Å². The van der Waals surface area contributed by atoms with Gasteiger partial charge in [-0.2, -0.15) is 0 Å². The summed E-state index contributed by atoms with van der Waals surface area (Å²) in [4.78, 5) is 13.0. The van der Waals surface area contributed by atoms with E-state index < -0.39 is 61.5 Å². The number of nitrogens with one attached hydrogen (secondary N) is 1. The van der Waals surface area contributed by atoms with Gasteiger partial charge in [0.25, 0.3) is 0 Å². The summed E-state index contributed by atoms with van der Waals surface area (Å²) in [5, 5.41) is 64.6. The fourth-order valence-electron chi connectivity index (χ4n) is 7.49. The van der Waals surface area contributed by atoms with Crippen LogP contribution in [0.4, 0.5) is 0 Å². The van der Waals surface area contributed by atoms with E-state index in [0.29, 0.717) is 6.42 Å². The second kappa shape index (κ2) is 35.8. The predicted octanol–water partition coefficient (Wildman–Crippen LogP) is 8.55. The molecule has 0 aromatic rings. The first-order valence-electron chi connectivity index (χ1n) is 23.4. The van der Waals surface area contributed by atoms with Crippen LogP contribution >= 0.6 is 0 Å². The molecule has 1 aliphatic rings. The molecule has 0 radical (unpaired) electrons. The van der Waals surface area contributed by atoms with Crippen molar-refractivity contribution in [1.82, 2.24) is 5.32 Å². The number of aliphatic hydroxyl groups is 6. The van der Waals surface area contributed by atoms with Gasteiger partial charge in [0.2, 0.25) is 5.91 Å². The molecule has 0 unspecified atom stereocenters. The lowest BCUT2D eigenvalue weighted by atomic mass is 9.99. The molecule has 1 fully saturated rings. The molecule has 0 saturated carbocycles. The van der Waals surface area contributed by atoms with Crippen molar-refractivity contribution in [3.63, 3.8) is 0 Å². The van der Waals surface area contributed by atoms with Crippen LogP contribution in [0.5, 0.6) is 0 Å². The van der Waals surface area contributed by atoms with Gasteiger partial charge in [-0.05, 0) is 25.2 Å². The Morgan fingerprint density at radius 1 is 0.661 bits per heavy atom. The summed E-state index contributed by atoms with van der Waals surface area (Å²) in [6, 6.07) is -0.976. The van der Waals surface area contributed by atoms with Gasteiger partial charge in [-0.15, -0.1) is 0 Å². The standard InChI is InChI=1S/C46H89NO9/c1-4-6-7-8-9-10-11-12-13-14-15-16-17-18-19-20-25-28-31-34-40(50)45(54)47-38(36-55-46-44(53)43(52)42(51)41(35-48)56-46)39(49)33-30-27-24-22-21-23-26-29-32-37(3)5-2/h30,33,37-44,46,48-53H,4-29,31-32,34-36H2,1-3H3,(H,47,54)/b33-30+/t37-,38+,39-,40-,41-,42-,43+,44-,46-/m1/s1. The van der Waals surface area contributed by atoms with Crippen molar-refractivity contribution >= 4 is 5.91 Å². The molecule has 7 N–H and O–H groups in total. The largest absolute Gasteiger partial charge is 0.394 e. The topological polar surface area (TPSA) is 169 Å². The van der Waals surface area contributed by atoms with Crippen LogP contribution in [-0.4, -0.2) is 98.7 Å². The second-order valence-electron chi connectivity index (χ2n) is 16.9. The van der Waals surface area contributed by atoms with Crippen molar-refractivity contribution in [3.05, 3.63) is 12.2 Å². The van der Waals surface area contributed by atoms with Gasteiger partial charge in [0.1, 0.15) is 30.5 Å². The van der Waals surface area contributed by atoms with Crippen molar-refractivity contribution < 1.29 is 44.9 Å². The van der Waals surface area contributed by atoms with E-state index in [4.69, 9.17) is 9.47 Å². The zero-order valence-electron chi connectivity index (χ0n) is 36.2. The van der Waals surface area contributed by atoms with E-state index in [0.717, 1.165) is 50.9 Å². The molecule has 0 aromatic carbocycles. The molecule has 10 nitrogen and oxygen atoms in total. The highest BCUT2D eigenvalue weighted by molar-refractivity contribution is 5.80. The van der Waals surface area contributed by atoms with Crippen molar-refractivity contribution in [2.75, 3.05) is 13.2 Å². The van der Waals surface area contributed by atoms with Crippen LogP contribution in [0.15, 0.2) is 12.2 Å². The number of amides is 1. The molecule has 332 valence electrons. The van der Waals surface area contributed by atoms with Crippen LogP contribution in [0.25, 0.3) is 0 Å². The number of ether oxygens (including phenoxy) is 2. The Morgan fingerprint density at radius 2 is 1.12 bits per heavy atom. The van der Waals surface area contributed by atoms with Gasteiger partial charge in [0.05, 0.1) is 25.4 Å². The summed E-state index contributed by atoms with van der Waals surface area (Å²) in [5.41, 5.74) is 0. The highest BCUT2D eigenvalue weighted by Gasteiger charge is 2.44. The summed E-state index contributed by atoms with van der Waals surface area (Å²) in [6.45, 7) is 5.92. The first-order chi connectivity index (χ1) is 27.2. The summed E-state index contributed by atoms with van der Waals surface area (Å²) in [7, 11) is 0. The van der Waals surface area contributed by atoms with Gasteiger partial charge < -0.3 is 45.4 Å². The minimum Gasteiger partial charge on any atom is -0.394 e. The fraction of sp³-hybridized carbons (Fsp3) is 0.935. The Hall–Kier alpha value is -1.11. The van der Waals surface area contributed by atoms with Gasteiger partial charge in [-0.25, -0.2) is 0 Å². The Bertz CT molecular complexity index is 921. The van der Waals surface area contributed by atoms with E-state index in [1.54, 1.807) is 6.08 Å². The molecule has 0 aromatic heterocycles. The Kier molecular flexibility index (Phi) is 33.8.